The Kier molecular flexibility index (Phi) is 3.54. The summed E-state index contributed by atoms with van der Waals surface area (Å²) < 4.78 is 0. The molecule has 2 saturated heterocycles. The summed E-state index contributed by atoms with van der Waals surface area (Å²) in [5.74, 6) is 0.352. The summed E-state index contributed by atoms with van der Waals surface area (Å²) in [5, 5.41) is 1.49. The highest BCUT2D eigenvalue weighted by atomic mass is 28.3. The first-order valence-electron chi connectivity index (χ1n) is 7.01. The van der Waals surface area contributed by atoms with Gasteiger partial charge in [0, 0.05) is 18.2 Å². The molecule has 0 aromatic heterocycles. The Labute approximate surface area is 112 Å². The van der Waals surface area contributed by atoms with Gasteiger partial charge in [0.15, 0.2) is 0 Å². The van der Waals surface area contributed by atoms with Gasteiger partial charge in [-0.25, -0.2) is 0 Å². The number of rotatable bonds is 2. The zero-order valence-electron chi connectivity index (χ0n) is 12.3. The van der Waals surface area contributed by atoms with Gasteiger partial charge in [-0.3, -0.25) is 4.79 Å². The molecule has 2 aliphatic heterocycles. The highest BCUT2D eigenvalue weighted by molar-refractivity contribution is 6.83. The van der Waals surface area contributed by atoms with E-state index >= 15 is 0 Å². The van der Waals surface area contributed by atoms with Gasteiger partial charge in [-0.2, -0.15) is 0 Å². The molecule has 100 valence electrons. The molecule has 0 spiro atoms. The van der Waals surface area contributed by atoms with Crippen molar-refractivity contribution in [2.24, 2.45) is 0 Å². The van der Waals surface area contributed by atoms with E-state index in [1.165, 1.54) is 22.9 Å². The maximum Gasteiger partial charge on any atom is 0.227 e. The van der Waals surface area contributed by atoms with Gasteiger partial charge in [0.05, 0.1) is 8.07 Å². The van der Waals surface area contributed by atoms with Gasteiger partial charge in [0.1, 0.15) is 0 Å². The Balaban J connectivity index is 2.48. The summed E-state index contributed by atoms with van der Waals surface area (Å²) in [5.41, 5.74) is 2.69. The molecular formula is C15H25NOSi. The van der Waals surface area contributed by atoms with Gasteiger partial charge in [0.2, 0.25) is 5.91 Å². The zero-order valence-corrected chi connectivity index (χ0v) is 13.3. The molecule has 2 rings (SSSR count). The lowest BCUT2D eigenvalue weighted by Gasteiger charge is -2.26. The maximum absolute atomic E-state index is 12.1. The van der Waals surface area contributed by atoms with E-state index in [0.29, 0.717) is 11.9 Å². The van der Waals surface area contributed by atoms with E-state index in [0.717, 1.165) is 19.3 Å². The number of fused-ring (bicyclic) bond motifs is 1. The third-order valence-electron chi connectivity index (χ3n) is 3.88. The average molecular weight is 263 g/mol. The molecule has 0 aliphatic carbocycles. The van der Waals surface area contributed by atoms with Crippen LogP contribution >= 0.6 is 0 Å². The minimum Gasteiger partial charge on any atom is -0.313 e. The number of nitrogens with zero attached hydrogens (tertiary/aromatic N) is 1. The van der Waals surface area contributed by atoms with E-state index in [1.54, 1.807) is 0 Å². The first kappa shape index (κ1) is 13.6. The number of carbonyl (C=O) groups is 1. The van der Waals surface area contributed by atoms with Crippen LogP contribution in [-0.4, -0.2) is 24.9 Å². The lowest BCUT2D eigenvalue weighted by Crippen LogP contribution is -2.32. The van der Waals surface area contributed by atoms with Crippen molar-refractivity contribution < 1.29 is 4.79 Å². The Morgan fingerprint density at radius 1 is 1.22 bits per heavy atom. The van der Waals surface area contributed by atoms with Crippen LogP contribution in [0.25, 0.3) is 0 Å². The fourth-order valence-corrected chi connectivity index (χ4v) is 4.93. The van der Waals surface area contributed by atoms with E-state index in [-0.39, 0.29) is 0 Å². The average Bonchev–Trinajstić information content (AvgIpc) is 2.77. The molecular weight excluding hydrogens is 238 g/mol. The summed E-state index contributed by atoms with van der Waals surface area (Å²) in [6.45, 7) is 11.4. The van der Waals surface area contributed by atoms with Crippen LogP contribution in [0.1, 0.15) is 39.5 Å². The maximum atomic E-state index is 12.1. The van der Waals surface area contributed by atoms with E-state index in [4.69, 9.17) is 0 Å². The molecule has 0 saturated carbocycles. The van der Waals surface area contributed by atoms with Gasteiger partial charge in [-0.15, -0.1) is 0 Å². The number of hydrogen-bond acceptors (Lipinski definition) is 1. The van der Waals surface area contributed by atoms with Crippen molar-refractivity contribution in [2.45, 2.75) is 65.2 Å². The van der Waals surface area contributed by atoms with E-state index in [1.807, 2.05) is 0 Å². The molecule has 0 aromatic carbocycles. The second kappa shape index (κ2) is 4.69. The lowest BCUT2D eigenvalue weighted by atomic mass is 10.1. The highest BCUT2D eigenvalue weighted by Gasteiger charge is 2.40. The van der Waals surface area contributed by atoms with Gasteiger partial charge >= 0.3 is 0 Å². The minimum atomic E-state index is -1.39. The van der Waals surface area contributed by atoms with Crippen LogP contribution in [0.15, 0.2) is 22.5 Å². The Morgan fingerprint density at radius 2 is 1.83 bits per heavy atom. The topological polar surface area (TPSA) is 20.3 Å². The van der Waals surface area contributed by atoms with Crippen LogP contribution in [-0.2, 0) is 4.79 Å². The summed E-state index contributed by atoms with van der Waals surface area (Å²) in [7, 11) is -1.39. The Morgan fingerprint density at radius 3 is 2.39 bits per heavy atom. The number of amides is 1. The van der Waals surface area contributed by atoms with Crippen molar-refractivity contribution in [3.05, 3.63) is 22.5 Å². The highest BCUT2D eigenvalue weighted by Crippen LogP contribution is 2.39. The summed E-state index contributed by atoms with van der Waals surface area (Å²) in [6, 6.07) is 0.504. The number of allylic oxidation sites excluding steroid dienone is 4. The normalized spacial score (nSPS) is 26.4. The molecule has 2 nitrogen and oxygen atoms in total. The van der Waals surface area contributed by atoms with Crippen molar-refractivity contribution in [1.82, 2.24) is 4.90 Å². The van der Waals surface area contributed by atoms with Crippen LogP contribution in [0.5, 0.6) is 0 Å². The predicted molar refractivity (Wildman–Crippen MR) is 78.9 cm³/mol. The molecule has 0 aromatic rings. The van der Waals surface area contributed by atoms with Crippen LogP contribution in [0.4, 0.5) is 0 Å². The lowest BCUT2D eigenvalue weighted by molar-refractivity contribution is -0.126. The number of carbonyl (C=O) groups excluding carboxylic acids is 1. The van der Waals surface area contributed by atoms with Crippen molar-refractivity contribution >= 4 is 14.0 Å². The third kappa shape index (κ3) is 2.46. The van der Waals surface area contributed by atoms with Crippen molar-refractivity contribution in [3.8, 4) is 0 Å². The molecule has 18 heavy (non-hydrogen) atoms. The van der Waals surface area contributed by atoms with Crippen molar-refractivity contribution in [1.29, 1.82) is 0 Å². The fourth-order valence-electron chi connectivity index (χ4n) is 3.10. The fraction of sp³-hybridized carbons (Fsp3) is 0.667. The van der Waals surface area contributed by atoms with Gasteiger partial charge in [0.25, 0.3) is 0 Å². The quantitative estimate of drug-likeness (QED) is 0.693. The zero-order chi connectivity index (χ0) is 13.5. The van der Waals surface area contributed by atoms with Crippen molar-refractivity contribution in [2.75, 3.05) is 0 Å². The van der Waals surface area contributed by atoms with Gasteiger partial charge in [-0.05, 0) is 38.3 Å². The monoisotopic (exact) mass is 263 g/mol. The SMILES string of the molecule is CC(C)=C/C(=C1/CCC2CCC(=O)N12)[Si](C)(C)C. The second-order valence-electron chi connectivity index (χ2n) is 6.83. The Hall–Kier alpha value is -0.833. The molecule has 3 heteroatoms. The predicted octanol–water partition coefficient (Wildman–Crippen LogP) is 3.87. The summed E-state index contributed by atoms with van der Waals surface area (Å²) >= 11 is 0. The minimum absolute atomic E-state index is 0.352. The second-order valence-corrected chi connectivity index (χ2v) is 11.9. The van der Waals surface area contributed by atoms with E-state index in [2.05, 4.69) is 44.5 Å². The van der Waals surface area contributed by atoms with Gasteiger partial charge < -0.3 is 4.90 Å². The Bertz CT molecular complexity index is 424. The molecule has 2 heterocycles. The first-order chi connectivity index (χ1) is 8.30. The smallest absolute Gasteiger partial charge is 0.227 e. The van der Waals surface area contributed by atoms with Crippen molar-refractivity contribution in [3.63, 3.8) is 0 Å². The standard InChI is InChI=1S/C15H25NOSi/c1-11(2)10-14(18(3,4)5)13-8-6-12-7-9-15(17)16(12)13/h10,12H,6-9H2,1-5H3/b14-13+. The molecule has 0 bridgehead atoms. The first-order valence-corrected chi connectivity index (χ1v) is 10.5. The molecule has 1 atom stereocenters. The largest absolute Gasteiger partial charge is 0.313 e. The summed E-state index contributed by atoms with van der Waals surface area (Å²) in [6.07, 6.45) is 6.42. The molecule has 1 amide bonds. The van der Waals surface area contributed by atoms with Crippen LogP contribution in [0, 0.1) is 0 Å². The molecule has 2 fully saturated rings. The summed E-state index contributed by atoms with van der Waals surface area (Å²) in [4.78, 5) is 14.2. The molecule has 2 aliphatic rings. The van der Waals surface area contributed by atoms with Crippen LogP contribution in [0.3, 0.4) is 0 Å². The third-order valence-corrected chi connectivity index (χ3v) is 5.93. The van der Waals surface area contributed by atoms with Crippen LogP contribution < -0.4 is 0 Å². The molecule has 1 unspecified atom stereocenters. The van der Waals surface area contributed by atoms with Gasteiger partial charge in [-0.1, -0.05) is 31.3 Å². The van der Waals surface area contributed by atoms with E-state index < -0.39 is 8.07 Å². The molecule has 0 radical (unpaired) electrons. The number of hydrogen-bond donors (Lipinski definition) is 0. The van der Waals surface area contributed by atoms with E-state index in [9.17, 15) is 4.79 Å². The molecule has 0 N–H and O–H groups in total. The van der Waals surface area contributed by atoms with Crippen LogP contribution in [0.2, 0.25) is 19.6 Å².